The molecule has 0 saturated heterocycles. The van der Waals surface area contributed by atoms with Crippen LogP contribution in [0.3, 0.4) is 0 Å². The Morgan fingerprint density at radius 3 is 1.95 bits per heavy atom. The van der Waals surface area contributed by atoms with Gasteiger partial charge in [0.2, 0.25) is 34.8 Å². The highest BCUT2D eigenvalue weighted by atomic mass is 35.5. The molecule has 236 valence electrons. The van der Waals surface area contributed by atoms with E-state index in [1.54, 1.807) is 42.5 Å². The average Bonchev–Trinajstić information content (AvgIpc) is 2.93. The minimum absolute atomic E-state index is 0.298. The van der Waals surface area contributed by atoms with Crippen LogP contribution in [0, 0.1) is 29.1 Å². The molecule has 0 saturated carbocycles. The average molecular weight is 663 g/mol. The molecule has 0 fully saturated rings. The number of rotatable bonds is 9. The van der Waals surface area contributed by atoms with Crippen molar-refractivity contribution in [2.24, 2.45) is 0 Å². The van der Waals surface area contributed by atoms with E-state index in [2.05, 4.69) is 10.1 Å². The smallest absolute Gasteiger partial charge is 0.408 e. The number of halogens is 7. The van der Waals surface area contributed by atoms with E-state index in [9.17, 15) is 36.3 Å². The van der Waals surface area contributed by atoms with Crippen LogP contribution in [-0.4, -0.2) is 35.8 Å². The standard InChI is InChI=1S/C29H25Cl2F5N2O6/c1-13(42-18(39)12-14-8-5-6-11-17(14)37-25-15(30)9-7-10-16(25)31)24(38-28(41)44-29(2,3)4)27(40)43-26-22(35)20(33)19(32)21(34)23(26)36/h5-11,13,24,37H,12H2,1-4H3,(H,38,41). The van der Waals surface area contributed by atoms with Gasteiger partial charge in [0, 0.05) is 5.69 Å². The van der Waals surface area contributed by atoms with Gasteiger partial charge >= 0.3 is 18.0 Å². The van der Waals surface area contributed by atoms with Gasteiger partial charge in [-0.05, 0) is 51.5 Å². The summed E-state index contributed by atoms with van der Waals surface area (Å²) in [4.78, 5) is 38.3. The number of benzene rings is 3. The van der Waals surface area contributed by atoms with Gasteiger partial charge in [-0.2, -0.15) is 8.78 Å². The van der Waals surface area contributed by atoms with Crippen LogP contribution in [0.4, 0.5) is 38.1 Å². The molecular weight excluding hydrogens is 638 g/mol. The second kappa shape index (κ2) is 14.1. The van der Waals surface area contributed by atoms with Crippen molar-refractivity contribution >= 4 is 52.6 Å². The van der Waals surface area contributed by atoms with Crippen LogP contribution in [0.2, 0.25) is 10.0 Å². The molecule has 3 aromatic carbocycles. The van der Waals surface area contributed by atoms with Crippen LogP contribution in [0.5, 0.6) is 5.75 Å². The highest BCUT2D eigenvalue weighted by Crippen LogP contribution is 2.34. The van der Waals surface area contributed by atoms with E-state index < -0.39 is 77.0 Å². The van der Waals surface area contributed by atoms with E-state index in [0.29, 0.717) is 27.0 Å². The van der Waals surface area contributed by atoms with Crippen LogP contribution >= 0.6 is 23.2 Å². The van der Waals surface area contributed by atoms with Crippen LogP contribution in [0.25, 0.3) is 0 Å². The molecule has 0 heterocycles. The second-order valence-electron chi connectivity index (χ2n) is 10.2. The summed E-state index contributed by atoms with van der Waals surface area (Å²) in [6.45, 7) is 5.58. The maximum absolute atomic E-state index is 14.2. The number of hydrogen-bond donors (Lipinski definition) is 2. The zero-order valence-corrected chi connectivity index (χ0v) is 25.0. The lowest BCUT2D eigenvalue weighted by atomic mass is 10.1. The number of ether oxygens (including phenoxy) is 3. The largest absolute Gasteiger partial charge is 0.460 e. The van der Waals surface area contributed by atoms with E-state index in [1.165, 1.54) is 20.8 Å². The van der Waals surface area contributed by atoms with Gasteiger partial charge in [0.1, 0.15) is 11.7 Å². The molecule has 2 atom stereocenters. The summed E-state index contributed by atoms with van der Waals surface area (Å²) in [5.41, 5.74) is 0.0892. The molecule has 2 N–H and O–H groups in total. The van der Waals surface area contributed by atoms with Gasteiger partial charge in [0.25, 0.3) is 0 Å². The number of esters is 2. The lowest BCUT2D eigenvalue weighted by Crippen LogP contribution is -2.52. The minimum Gasteiger partial charge on any atom is -0.460 e. The number of alkyl carbamates (subject to hydrolysis) is 1. The number of carbonyl (C=O) groups is 3. The van der Waals surface area contributed by atoms with Gasteiger partial charge in [0.05, 0.1) is 22.2 Å². The Kier molecular flexibility index (Phi) is 11.0. The summed E-state index contributed by atoms with van der Waals surface area (Å²) in [5, 5.41) is 5.66. The molecule has 3 rings (SSSR count). The molecular formula is C29H25Cl2F5N2O6. The van der Waals surface area contributed by atoms with Crippen molar-refractivity contribution in [3.8, 4) is 5.75 Å². The third-order valence-electron chi connectivity index (χ3n) is 5.66. The maximum Gasteiger partial charge on any atom is 0.408 e. The fourth-order valence-electron chi connectivity index (χ4n) is 3.66. The number of nitrogens with one attached hydrogen (secondary N) is 2. The third-order valence-corrected chi connectivity index (χ3v) is 6.29. The molecule has 8 nitrogen and oxygen atoms in total. The lowest BCUT2D eigenvalue weighted by molar-refractivity contribution is -0.153. The number of carbonyl (C=O) groups excluding carboxylic acids is 3. The topological polar surface area (TPSA) is 103 Å². The van der Waals surface area contributed by atoms with Gasteiger partial charge in [-0.3, -0.25) is 4.79 Å². The molecule has 15 heteroatoms. The Balaban J connectivity index is 1.84. The van der Waals surface area contributed by atoms with Crippen LogP contribution in [0.1, 0.15) is 33.3 Å². The van der Waals surface area contributed by atoms with Crippen molar-refractivity contribution in [2.75, 3.05) is 5.32 Å². The van der Waals surface area contributed by atoms with Gasteiger partial charge in [-0.15, -0.1) is 0 Å². The van der Waals surface area contributed by atoms with Gasteiger partial charge < -0.3 is 24.8 Å². The molecule has 0 aliphatic carbocycles. The Morgan fingerprint density at radius 1 is 0.841 bits per heavy atom. The highest BCUT2D eigenvalue weighted by molar-refractivity contribution is 6.39. The third kappa shape index (κ3) is 8.50. The van der Waals surface area contributed by atoms with Crippen LogP contribution in [-0.2, 0) is 25.5 Å². The Morgan fingerprint density at radius 2 is 1.39 bits per heavy atom. The van der Waals surface area contributed by atoms with Crippen molar-refractivity contribution in [1.82, 2.24) is 5.32 Å². The summed E-state index contributed by atoms with van der Waals surface area (Å²) in [6.07, 6.45) is -3.26. The molecule has 3 aromatic rings. The molecule has 0 spiro atoms. The molecule has 0 bridgehead atoms. The summed E-state index contributed by atoms with van der Waals surface area (Å²) < 4.78 is 84.0. The second-order valence-corrected chi connectivity index (χ2v) is 11.0. The Hall–Kier alpha value is -4.10. The van der Waals surface area contributed by atoms with E-state index in [4.69, 9.17) is 32.7 Å². The Labute approximate surface area is 258 Å². The fourth-order valence-corrected chi connectivity index (χ4v) is 4.15. The van der Waals surface area contributed by atoms with Crippen molar-refractivity contribution in [2.45, 2.75) is 51.9 Å². The lowest BCUT2D eigenvalue weighted by Gasteiger charge is -2.26. The SMILES string of the molecule is CC(OC(=O)Cc1ccccc1Nc1c(Cl)cccc1Cl)C(NC(=O)OC(C)(C)C)C(=O)Oc1c(F)c(F)c(F)c(F)c1F. The van der Waals surface area contributed by atoms with Crippen molar-refractivity contribution < 1.29 is 50.5 Å². The van der Waals surface area contributed by atoms with Crippen molar-refractivity contribution in [3.05, 3.63) is 87.2 Å². The zero-order chi connectivity index (χ0) is 32.9. The monoisotopic (exact) mass is 662 g/mol. The van der Waals surface area contributed by atoms with E-state index in [-0.39, 0.29) is 0 Å². The molecule has 2 unspecified atom stereocenters. The van der Waals surface area contributed by atoms with Crippen LogP contribution < -0.4 is 15.4 Å². The van der Waals surface area contributed by atoms with Gasteiger partial charge in [0.15, 0.2) is 6.04 Å². The molecule has 1 amide bonds. The van der Waals surface area contributed by atoms with E-state index in [1.807, 2.05) is 5.32 Å². The number of para-hydroxylation sites is 2. The zero-order valence-electron chi connectivity index (χ0n) is 23.5. The quantitative estimate of drug-likeness (QED) is 0.0809. The maximum atomic E-state index is 14.2. The van der Waals surface area contributed by atoms with Gasteiger partial charge in [-0.1, -0.05) is 47.5 Å². The van der Waals surface area contributed by atoms with E-state index >= 15 is 0 Å². The first-order valence-corrected chi connectivity index (χ1v) is 13.5. The Bertz CT molecular complexity index is 1540. The summed E-state index contributed by atoms with van der Waals surface area (Å²) >= 11 is 12.4. The summed E-state index contributed by atoms with van der Waals surface area (Å²) in [7, 11) is 0. The van der Waals surface area contributed by atoms with Crippen LogP contribution in [0.15, 0.2) is 42.5 Å². The first-order chi connectivity index (χ1) is 20.5. The molecule has 0 aliphatic rings. The van der Waals surface area contributed by atoms with E-state index in [0.717, 1.165) is 6.92 Å². The van der Waals surface area contributed by atoms with Gasteiger partial charge in [-0.25, -0.2) is 22.8 Å². The number of amides is 1. The van der Waals surface area contributed by atoms with Crippen molar-refractivity contribution in [1.29, 1.82) is 0 Å². The highest BCUT2D eigenvalue weighted by Gasteiger charge is 2.36. The van der Waals surface area contributed by atoms with Crippen molar-refractivity contribution in [3.63, 3.8) is 0 Å². The molecule has 0 aliphatic heterocycles. The fraction of sp³-hybridized carbons (Fsp3) is 0.276. The first-order valence-electron chi connectivity index (χ1n) is 12.7. The molecule has 0 radical (unpaired) electrons. The number of hydrogen-bond acceptors (Lipinski definition) is 7. The summed E-state index contributed by atoms with van der Waals surface area (Å²) in [5.74, 6) is -16.7. The molecule has 44 heavy (non-hydrogen) atoms. The predicted molar refractivity (Wildman–Crippen MR) is 150 cm³/mol. The normalized spacial score (nSPS) is 12.6. The minimum atomic E-state index is -2.47. The predicted octanol–water partition coefficient (Wildman–Crippen LogP) is 7.41. The summed E-state index contributed by atoms with van der Waals surface area (Å²) in [6, 6.07) is 9.29. The first kappa shape index (κ1) is 34.4. The molecule has 0 aromatic heterocycles. The number of anilines is 2.